The number of nitrogens with zero attached hydrogens (tertiary/aromatic N) is 2. The molecule has 3 rings (SSSR count). The van der Waals surface area contributed by atoms with Gasteiger partial charge in [0.2, 0.25) is 0 Å². The molecule has 1 unspecified atom stereocenters. The number of aliphatic hydroxyl groups excluding tert-OH is 1. The molecule has 0 bridgehead atoms. The molecule has 10 heteroatoms. The fourth-order valence-electron chi connectivity index (χ4n) is 2.50. The van der Waals surface area contributed by atoms with Gasteiger partial charge in [-0.25, -0.2) is 0 Å². The van der Waals surface area contributed by atoms with Crippen molar-refractivity contribution in [3.63, 3.8) is 0 Å². The molecule has 3 N–H and O–H groups in total. The summed E-state index contributed by atoms with van der Waals surface area (Å²) in [7, 11) is 0. The zero-order valence-corrected chi connectivity index (χ0v) is 19.3. The first-order valence-electron chi connectivity index (χ1n) is 9.07. The molecule has 160 valence electrons. The molecule has 0 saturated carbocycles. The SMILES string of the molecule is CC(C)Oc1ccc(-c2nnc(-c3cc(Cl)c(OCC(N)CO)c(Cl)c3)s2)cc1Cl. The lowest BCUT2D eigenvalue weighted by Crippen LogP contribution is -2.31. The van der Waals surface area contributed by atoms with Crippen LogP contribution in [0.3, 0.4) is 0 Å². The molecule has 0 saturated heterocycles. The van der Waals surface area contributed by atoms with Gasteiger partial charge in [-0.1, -0.05) is 46.1 Å². The number of hydrogen-bond donors (Lipinski definition) is 2. The van der Waals surface area contributed by atoms with E-state index in [1.165, 1.54) is 11.3 Å². The third-order valence-electron chi connectivity index (χ3n) is 3.89. The number of aromatic nitrogens is 2. The third kappa shape index (κ3) is 5.55. The van der Waals surface area contributed by atoms with Crippen LogP contribution in [0.15, 0.2) is 30.3 Å². The van der Waals surface area contributed by atoms with Crippen LogP contribution in [0.4, 0.5) is 0 Å². The van der Waals surface area contributed by atoms with E-state index in [-0.39, 0.29) is 19.3 Å². The summed E-state index contributed by atoms with van der Waals surface area (Å²) in [5.74, 6) is 0.929. The maximum atomic E-state index is 9.01. The molecule has 1 heterocycles. The van der Waals surface area contributed by atoms with Crippen LogP contribution in [0.25, 0.3) is 21.1 Å². The molecule has 3 aromatic rings. The molecule has 0 aliphatic rings. The highest BCUT2D eigenvalue weighted by molar-refractivity contribution is 7.17. The van der Waals surface area contributed by atoms with Crippen molar-refractivity contribution in [1.29, 1.82) is 0 Å². The average molecular weight is 489 g/mol. The predicted octanol–water partition coefficient (Wildman–Crippen LogP) is 5.32. The van der Waals surface area contributed by atoms with Crippen molar-refractivity contribution in [3.8, 4) is 32.6 Å². The zero-order valence-electron chi connectivity index (χ0n) is 16.2. The van der Waals surface area contributed by atoms with Gasteiger partial charge in [0.1, 0.15) is 22.4 Å². The Hall–Kier alpha value is -1.61. The van der Waals surface area contributed by atoms with E-state index < -0.39 is 6.04 Å². The van der Waals surface area contributed by atoms with Crippen LogP contribution in [-0.2, 0) is 0 Å². The van der Waals surface area contributed by atoms with Crippen LogP contribution in [0.1, 0.15) is 13.8 Å². The molecule has 1 atom stereocenters. The summed E-state index contributed by atoms with van der Waals surface area (Å²) in [5, 5.41) is 20.0. The summed E-state index contributed by atoms with van der Waals surface area (Å²) < 4.78 is 11.2. The first-order valence-corrected chi connectivity index (χ1v) is 11.0. The Morgan fingerprint density at radius 3 is 2.17 bits per heavy atom. The second kappa shape index (κ2) is 10.1. The molecule has 30 heavy (non-hydrogen) atoms. The second-order valence-corrected chi connectivity index (χ2v) is 8.95. The minimum absolute atomic E-state index is 0.0299. The molecule has 0 spiro atoms. The van der Waals surface area contributed by atoms with Gasteiger partial charge < -0.3 is 20.3 Å². The summed E-state index contributed by atoms with van der Waals surface area (Å²) in [4.78, 5) is 0. The lowest BCUT2D eigenvalue weighted by molar-refractivity contribution is 0.207. The van der Waals surface area contributed by atoms with Crippen LogP contribution >= 0.6 is 46.1 Å². The molecule has 0 aliphatic heterocycles. The van der Waals surface area contributed by atoms with E-state index in [1.807, 2.05) is 26.0 Å². The van der Waals surface area contributed by atoms with E-state index in [0.717, 1.165) is 5.56 Å². The molecule has 0 fully saturated rings. The lowest BCUT2D eigenvalue weighted by Gasteiger charge is -2.13. The first-order chi connectivity index (χ1) is 14.3. The van der Waals surface area contributed by atoms with E-state index in [0.29, 0.717) is 42.1 Å². The van der Waals surface area contributed by atoms with Gasteiger partial charge in [0.25, 0.3) is 0 Å². The predicted molar refractivity (Wildman–Crippen MR) is 122 cm³/mol. The van der Waals surface area contributed by atoms with Gasteiger partial charge in [0, 0.05) is 11.1 Å². The third-order valence-corrected chi connectivity index (χ3v) is 5.77. The fraction of sp³-hybridized carbons (Fsp3) is 0.300. The van der Waals surface area contributed by atoms with Gasteiger partial charge in [0.15, 0.2) is 5.75 Å². The largest absolute Gasteiger partial charge is 0.489 e. The van der Waals surface area contributed by atoms with Crippen molar-refractivity contribution in [2.24, 2.45) is 5.73 Å². The molecular formula is C20H20Cl3N3O3S. The monoisotopic (exact) mass is 487 g/mol. The number of aliphatic hydroxyl groups is 1. The van der Waals surface area contributed by atoms with Gasteiger partial charge in [-0.05, 0) is 44.2 Å². The number of rotatable bonds is 8. The summed E-state index contributed by atoms with van der Waals surface area (Å²) in [5.41, 5.74) is 7.18. The Balaban J connectivity index is 1.83. The summed E-state index contributed by atoms with van der Waals surface area (Å²) >= 11 is 20.4. The fourth-order valence-corrected chi connectivity index (χ4v) is 4.15. The van der Waals surface area contributed by atoms with E-state index in [9.17, 15) is 0 Å². The van der Waals surface area contributed by atoms with Crippen molar-refractivity contribution < 1.29 is 14.6 Å². The molecule has 2 aromatic carbocycles. The average Bonchev–Trinajstić information content (AvgIpc) is 3.18. The molecule has 0 aliphatic carbocycles. The highest BCUT2D eigenvalue weighted by Crippen LogP contribution is 2.40. The van der Waals surface area contributed by atoms with Gasteiger partial charge in [-0.2, -0.15) is 0 Å². The minimum atomic E-state index is -0.522. The molecule has 0 radical (unpaired) electrons. The van der Waals surface area contributed by atoms with Gasteiger partial charge in [-0.3, -0.25) is 0 Å². The standard InChI is InChI=1S/C20H20Cl3N3O3S/c1-10(2)29-17-4-3-11(5-14(17)21)19-25-26-20(30-19)12-6-15(22)18(16(23)7-12)28-9-13(24)8-27/h3-7,10,13,27H,8-9,24H2,1-2H3. The number of benzene rings is 2. The minimum Gasteiger partial charge on any atom is -0.489 e. The van der Waals surface area contributed by atoms with Crippen LogP contribution in [0, 0.1) is 0 Å². The van der Waals surface area contributed by atoms with E-state index >= 15 is 0 Å². The van der Waals surface area contributed by atoms with E-state index in [1.54, 1.807) is 18.2 Å². The van der Waals surface area contributed by atoms with Crippen molar-refractivity contribution in [3.05, 3.63) is 45.4 Å². The maximum Gasteiger partial charge on any atom is 0.156 e. The second-order valence-electron chi connectivity index (χ2n) is 6.75. The smallest absolute Gasteiger partial charge is 0.156 e. The highest BCUT2D eigenvalue weighted by atomic mass is 35.5. The van der Waals surface area contributed by atoms with Crippen molar-refractivity contribution in [1.82, 2.24) is 10.2 Å². The normalized spacial score (nSPS) is 12.3. The topological polar surface area (TPSA) is 90.5 Å². The Morgan fingerprint density at radius 1 is 1.00 bits per heavy atom. The quantitative estimate of drug-likeness (QED) is 0.446. The zero-order chi connectivity index (χ0) is 21.8. The summed E-state index contributed by atoms with van der Waals surface area (Å²) in [6.45, 7) is 3.77. The van der Waals surface area contributed by atoms with Gasteiger partial charge in [0.05, 0.1) is 33.8 Å². The van der Waals surface area contributed by atoms with Gasteiger partial charge >= 0.3 is 0 Å². The van der Waals surface area contributed by atoms with E-state index in [4.69, 9.17) is 55.1 Å². The van der Waals surface area contributed by atoms with Crippen LogP contribution in [-0.4, -0.2) is 40.7 Å². The number of halogens is 3. The Kier molecular flexibility index (Phi) is 7.79. The van der Waals surface area contributed by atoms with Crippen molar-refractivity contribution in [2.75, 3.05) is 13.2 Å². The van der Waals surface area contributed by atoms with Crippen LogP contribution in [0.5, 0.6) is 11.5 Å². The molecule has 6 nitrogen and oxygen atoms in total. The molecule has 1 aromatic heterocycles. The van der Waals surface area contributed by atoms with E-state index in [2.05, 4.69) is 10.2 Å². The van der Waals surface area contributed by atoms with Crippen molar-refractivity contribution in [2.45, 2.75) is 26.0 Å². The Morgan fingerprint density at radius 2 is 1.60 bits per heavy atom. The molecular weight excluding hydrogens is 469 g/mol. The maximum absolute atomic E-state index is 9.01. The first kappa shape index (κ1) is 23.1. The highest BCUT2D eigenvalue weighted by Gasteiger charge is 2.16. The Labute approximate surface area is 193 Å². The summed E-state index contributed by atoms with van der Waals surface area (Å²) in [6.07, 6.45) is 0.0299. The molecule has 0 amide bonds. The van der Waals surface area contributed by atoms with Crippen LogP contribution in [0.2, 0.25) is 15.1 Å². The van der Waals surface area contributed by atoms with Crippen LogP contribution < -0.4 is 15.2 Å². The number of nitrogens with two attached hydrogens (primary N) is 1. The lowest BCUT2D eigenvalue weighted by atomic mass is 10.2. The van der Waals surface area contributed by atoms with Crippen molar-refractivity contribution >= 4 is 46.1 Å². The summed E-state index contributed by atoms with van der Waals surface area (Å²) in [6, 6.07) is 8.37. The Bertz CT molecular complexity index is 1010. The van der Waals surface area contributed by atoms with Gasteiger partial charge in [-0.15, -0.1) is 10.2 Å². The number of hydrogen-bond acceptors (Lipinski definition) is 7. The number of ether oxygens (including phenoxy) is 2.